The molecule has 136 valence electrons. The number of carbonyl (C=O) groups is 2. The third-order valence-corrected chi connectivity index (χ3v) is 4.80. The molecule has 6 nitrogen and oxygen atoms in total. The van der Waals surface area contributed by atoms with E-state index in [2.05, 4.69) is 22.9 Å². The minimum absolute atomic E-state index is 0.0821. The predicted molar refractivity (Wildman–Crippen MR) is 97.6 cm³/mol. The van der Waals surface area contributed by atoms with Crippen LogP contribution >= 0.6 is 0 Å². The Kier molecular flexibility index (Phi) is 5.91. The fourth-order valence-electron chi connectivity index (χ4n) is 3.13. The number of hydrogen-bond donors (Lipinski definition) is 3. The van der Waals surface area contributed by atoms with Crippen LogP contribution in [0, 0.1) is 5.92 Å². The van der Waals surface area contributed by atoms with Gasteiger partial charge in [0, 0.05) is 17.4 Å². The molecule has 0 aliphatic heterocycles. The summed E-state index contributed by atoms with van der Waals surface area (Å²) < 4.78 is 5.77. The zero-order chi connectivity index (χ0) is 17.6. The molecule has 2 aliphatic carbocycles. The number of rotatable bonds is 6. The molecule has 2 fully saturated rings. The van der Waals surface area contributed by atoms with Crippen LogP contribution in [0.4, 0.5) is 16.2 Å². The Morgan fingerprint density at radius 2 is 1.64 bits per heavy atom. The summed E-state index contributed by atoms with van der Waals surface area (Å²) in [4.78, 5) is 23.7. The van der Waals surface area contributed by atoms with Crippen molar-refractivity contribution < 1.29 is 14.3 Å². The van der Waals surface area contributed by atoms with E-state index in [1.807, 2.05) is 0 Å². The lowest BCUT2D eigenvalue weighted by atomic mass is 9.88. The molecule has 3 N–H and O–H groups in total. The number of benzene rings is 1. The molecule has 3 rings (SSSR count). The van der Waals surface area contributed by atoms with Crippen LogP contribution < -0.4 is 16.0 Å². The number of carbonyl (C=O) groups excluding carboxylic acids is 2. The lowest BCUT2D eigenvalue weighted by molar-refractivity contribution is -0.124. The van der Waals surface area contributed by atoms with Gasteiger partial charge in [-0.15, -0.1) is 0 Å². The lowest BCUT2D eigenvalue weighted by Crippen LogP contribution is -2.30. The molecular weight excluding hydrogens is 318 g/mol. The summed E-state index contributed by atoms with van der Waals surface area (Å²) in [6, 6.07) is 7.22. The topological polar surface area (TPSA) is 79.5 Å². The van der Waals surface area contributed by atoms with Gasteiger partial charge in [-0.25, -0.2) is 4.79 Å². The second kappa shape index (κ2) is 8.34. The molecule has 0 radical (unpaired) electrons. The van der Waals surface area contributed by atoms with Gasteiger partial charge >= 0.3 is 6.03 Å². The van der Waals surface area contributed by atoms with Gasteiger partial charge in [0.05, 0.1) is 6.10 Å². The molecule has 2 unspecified atom stereocenters. The second-order valence-electron chi connectivity index (χ2n) is 7.11. The summed E-state index contributed by atoms with van der Waals surface area (Å²) in [6.07, 6.45) is 6.95. The summed E-state index contributed by atoms with van der Waals surface area (Å²) in [5.74, 6) is 0.374. The van der Waals surface area contributed by atoms with Gasteiger partial charge in [0.2, 0.25) is 5.91 Å². The van der Waals surface area contributed by atoms with Crippen molar-refractivity contribution in [2.24, 2.45) is 5.92 Å². The highest BCUT2D eigenvalue weighted by atomic mass is 16.5. The Labute approximate surface area is 148 Å². The van der Waals surface area contributed by atoms with Crippen LogP contribution in [0.25, 0.3) is 0 Å². The maximum Gasteiger partial charge on any atom is 0.319 e. The zero-order valence-corrected chi connectivity index (χ0v) is 14.7. The molecule has 2 saturated carbocycles. The monoisotopic (exact) mass is 345 g/mol. The SMILES string of the molecule is CC1CCCCC1OCC(=O)Nc1ccc(NC(=O)NC2CC2)cc1. The van der Waals surface area contributed by atoms with Crippen LogP contribution in [0.1, 0.15) is 45.4 Å². The molecule has 0 aromatic heterocycles. The number of urea groups is 1. The molecule has 0 saturated heterocycles. The van der Waals surface area contributed by atoms with Crippen LogP contribution in [0.3, 0.4) is 0 Å². The first-order valence-electron chi connectivity index (χ1n) is 9.19. The molecule has 1 aromatic carbocycles. The van der Waals surface area contributed by atoms with Gasteiger partial charge in [0.15, 0.2) is 0 Å². The van der Waals surface area contributed by atoms with Gasteiger partial charge in [-0.2, -0.15) is 0 Å². The van der Waals surface area contributed by atoms with Crippen molar-refractivity contribution in [3.63, 3.8) is 0 Å². The van der Waals surface area contributed by atoms with Gasteiger partial charge in [0.25, 0.3) is 0 Å². The zero-order valence-electron chi connectivity index (χ0n) is 14.7. The Bertz CT molecular complexity index is 598. The summed E-state index contributed by atoms with van der Waals surface area (Å²) in [5.41, 5.74) is 1.39. The molecule has 0 spiro atoms. The quantitative estimate of drug-likeness (QED) is 0.738. The third-order valence-electron chi connectivity index (χ3n) is 4.80. The summed E-state index contributed by atoms with van der Waals surface area (Å²) in [6.45, 7) is 2.27. The van der Waals surface area contributed by atoms with E-state index in [1.54, 1.807) is 24.3 Å². The van der Waals surface area contributed by atoms with Gasteiger partial charge in [-0.3, -0.25) is 4.79 Å². The molecule has 0 bridgehead atoms. The molecule has 25 heavy (non-hydrogen) atoms. The van der Waals surface area contributed by atoms with Crippen molar-refractivity contribution in [1.29, 1.82) is 0 Å². The number of anilines is 2. The Morgan fingerprint density at radius 3 is 2.28 bits per heavy atom. The molecule has 0 heterocycles. The number of hydrogen-bond acceptors (Lipinski definition) is 3. The van der Waals surface area contributed by atoms with E-state index in [0.29, 0.717) is 23.3 Å². The van der Waals surface area contributed by atoms with Crippen molar-refractivity contribution in [2.75, 3.05) is 17.2 Å². The number of amides is 3. The Morgan fingerprint density at radius 1 is 1.00 bits per heavy atom. The van der Waals surface area contributed by atoms with Crippen LogP contribution in [0.2, 0.25) is 0 Å². The molecule has 3 amide bonds. The van der Waals surface area contributed by atoms with Crippen molar-refractivity contribution in [1.82, 2.24) is 5.32 Å². The van der Waals surface area contributed by atoms with Crippen LogP contribution in [-0.4, -0.2) is 30.7 Å². The summed E-state index contributed by atoms with van der Waals surface area (Å²) in [7, 11) is 0. The Balaban J connectivity index is 1.40. The normalized spacial score (nSPS) is 22.9. The second-order valence-corrected chi connectivity index (χ2v) is 7.11. The fraction of sp³-hybridized carbons (Fsp3) is 0.579. The van der Waals surface area contributed by atoms with E-state index in [1.165, 1.54) is 19.3 Å². The Hall–Kier alpha value is -2.08. The third kappa shape index (κ3) is 5.74. The van der Waals surface area contributed by atoms with Crippen molar-refractivity contribution in [2.45, 2.75) is 57.6 Å². The van der Waals surface area contributed by atoms with Crippen molar-refractivity contribution >= 4 is 23.3 Å². The minimum Gasteiger partial charge on any atom is -0.368 e. The van der Waals surface area contributed by atoms with E-state index in [-0.39, 0.29) is 24.6 Å². The van der Waals surface area contributed by atoms with E-state index in [4.69, 9.17) is 4.74 Å². The first kappa shape index (κ1) is 17.7. The average molecular weight is 345 g/mol. The van der Waals surface area contributed by atoms with Gasteiger partial charge in [-0.05, 0) is 55.9 Å². The lowest BCUT2D eigenvalue weighted by Gasteiger charge is -2.28. The fourth-order valence-corrected chi connectivity index (χ4v) is 3.13. The predicted octanol–water partition coefficient (Wildman–Crippen LogP) is 3.50. The minimum atomic E-state index is -0.186. The van der Waals surface area contributed by atoms with Gasteiger partial charge in [-0.1, -0.05) is 19.8 Å². The average Bonchev–Trinajstić information content (AvgIpc) is 3.40. The van der Waals surface area contributed by atoms with E-state index in [0.717, 1.165) is 19.3 Å². The highest BCUT2D eigenvalue weighted by molar-refractivity contribution is 5.93. The van der Waals surface area contributed by atoms with E-state index in [9.17, 15) is 9.59 Å². The standard InChI is InChI=1S/C19H27N3O3/c1-13-4-2-3-5-17(13)25-12-18(23)20-14-6-8-15(9-7-14)21-19(24)22-16-10-11-16/h6-9,13,16-17H,2-5,10-12H2,1H3,(H,20,23)(H2,21,22,24). The summed E-state index contributed by atoms with van der Waals surface area (Å²) in [5, 5.41) is 8.47. The van der Waals surface area contributed by atoms with Crippen LogP contribution in [0.5, 0.6) is 0 Å². The highest BCUT2D eigenvalue weighted by Gasteiger charge is 2.23. The highest BCUT2D eigenvalue weighted by Crippen LogP contribution is 2.26. The maximum atomic E-state index is 12.0. The van der Waals surface area contributed by atoms with Crippen LogP contribution in [0.15, 0.2) is 24.3 Å². The van der Waals surface area contributed by atoms with Gasteiger partial charge < -0.3 is 20.7 Å². The first-order chi connectivity index (χ1) is 12.1. The smallest absolute Gasteiger partial charge is 0.319 e. The number of nitrogens with one attached hydrogen (secondary N) is 3. The molecular formula is C19H27N3O3. The molecule has 6 heteroatoms. The van der Waals surface area contributed by atoms with Gasteiger partial charge in [0.1, 0.15) is 6.61 Å². The molecule has 2 aliphatic rings. The first-order valence-corrected chi connectivity index (χ1v) is 9.19. The molecule has 1 aromatic rings. The van der Waals surface area contributed by atoms with E-state index < -0.39 is 0 Å². The van der Waals surface area contributed by atoms with Crippen molar-refractivity contribution in [3.8, 4) is 0 Å². The summed E-state index contributed by atoms with van der Waals surface area (Å²) >= 11 is 0. The largest absolute Gasteiger partial charge is 0.368 e. The van der Waals surface area contributed by atoms with Crippen LogP contribution in [-0.2, 0) is 9.53 Å². The number of ether oxygens (including phenoxy) is 1. The van der Waals surface area contributed by atoms with Crippen molar-refractivity contribution in [3.05, 3.63) is 24.3 Å². The van der Waals surface area contributed by atoms with E-state index >= 15 is 0 Å². The molecule has 2 atom stereocenters. The maximum absolute atomic E-state index is 12.0.